The minimum absolute atomic E-state index is 0.00695. The van der Waals surface area contributed by atoms with Crippen molar-refractivity contribution in [2.45, 2.75) is 23.6 Å². The lowest BCUT2D eigenvalue weighted by molar-refractivity contribution is -0.123. The van der Waals surface area contributed by atoms with Gasteiger partial charge in [-0.15, -0.1) is 11.8 Å². The number of hydrogen-bond acceptors (Lipinski definition) is 5. The molecular weight excluding hydrogens is 405 g/mol. The molecule has 0 aliphatic carbocycles. The molecule has 0 bridgehead atoms. The van der Waals surface area contributed by atoms with Crippen LogP contribution in [0.4, 0.5) is 0 Å². The van der Waals surface area contributed by atoms with E-state index in [9.17, 15) is 13.2 Å². The van der Waals surface area contributed by atoms with E-state index >= 15 is 0 Å². The van der Waals surface area contributed by atoms with Gasteiger partial charge in [-0.25, -0.2) is 12.7 Å². The van der Waals surface area contributed by atoms with Gasteiger partial charge in [-0.3, -0.25) is 9.48 Å². The average molecular weight is 422 g/mol. The SMILES string of the molecule is CCN(C(=O)CSc1ccc(Cl)cc1)S(=O)(=O)c1c(C)nn(C)c1Cl. The number of halogens is 2. The third-order valence-corrected chi connectivity index (χ3v) is 7.23. The first-order chi connectivity index (χ1) is 11.7. The predicted molar refractivity (Wildman–Crippen MR) is 99.7 cm³/mol. The minimum Gasteiger partial charge on any atom is -0.273 e. The topological polar surface area (TPSA) is 72.3 Å². The molecule has 1 aromatic heterocycles. The normalized spacial score (nSPS) is 11.6. The highest BCUT2D eigenvalue weighted by molar-refractivity contribution is 8.00. The lowest BCUT2D eigenvalue weighted by atomic mass is 10.4. The van der Waals surface area contributed by atoms with Gasteiger partial charge in [0, 0.05) is 23.5 Å². The van der Waals surface area contributed by atoms with E-state index < -0.39 is 15.9 Å². The Kier molecular flexibility index (Phi) is 6.42. The van der Waals surface area contributed by atoms with Crippen LogP contribution in [-0.2, 0) is 21.9 Å². The van der Waals surface area contributed by atoms with E-state index in [2.05, 4.69) is 5.10 Å². The molecule has 0 aliphatic heterocycles. The molecule has 25 heavy (non-hydrogen) atoms. The Morgan fingerprint density at radius 3 is 2.36 bits per heavy atom. The lowest BCUT2D eigenvalue weighted by Crippen LogP contribution is -2.38. The first-order valence-corrected chi connectivity index (χ1v) is 10.5. The van der Waals surface area contributed by atoms with Gasteiger partial charge in [-0.05, 0) is 38.1 Å². The summed E-state index contributed by atoms with van der Waals surface area (Å²) in [5.41, 5.74) is 0.254. The smallest absolute Gasteiger partial charge is 0.271 e. The predicted octanol–water partition coefficient (Wildman–Crippen LogP) is 3.36. The number of sulfonamides is 1. The second kappa shape index (κ2) is 7.99. The van der Waals surface area contributed by atoms with Gasteiger partial charge >= 0.3 is 0 Å². The van der Waals surface area contributed by atoms with Crippen molar-refractivity contribution < 1.29 is 13.2 Å². The molecule has 6 nitrogen and oxygen atoms in total. The maximum Gasteiger partial charge on any atom is 0.271 e. The fraction of sp³-hybridized carbons (Fsp3) is 0.333. The highest BCUT2D eigenvalue weighted by Crippen LogP contribution is 2.28. The number of carbonyl (C=O) groups is 1. The van der Waals surface area contributed by atoms with E-state index in [1.165, 1.54) is 16.4 Å². The molecule has 0 unspecified atom stereocenters. The van der Waals surface area contributed by atoms with E-state index in [1.807, 2.05) is 0 Å². The Bertz CT molecular complexity index is 880. The summed E-state index contributed by atoms with van der Waals surface area (Å²) in [6.45, 7) is 3.15. The van der Waals surface area contributed by atoms with Crippen molar-refractivity contribution >= 4 is 50.9 Å². The lowest BCUT2D eigenvalue weighted by Gasteiger charge is -2.20. The fourth-order valence-corrected chi connectivity index (χ4v) is 5.34. The van der Waals surface area contributed by atoms with E-state index in [4.69, 9.17) is 23.2 Å². The van der Waals surface area contributed by atoms with Gasteiger partial charge in [-0.2, -0.15) is 5.10 Å². The van der Waals surface area contributed by atoms with E-state index in [-0.39, 0.29) is 28.0 Å². The van der Waals surface area contributed by atoms with Gasteiger partial charge in [0.1, 0.15) is 10.0 Å². The maximum absolute atomic E-state index is 12.9. The highest BCUT2D eigenvalue weighted by atomic mass is 35.5. The number of aromatic nitrogens is 2. The molecule has 0 atom stereocenters. The summed E-state index contributed by atoms with van der Waals surface area (Å²) in [7, 11) is -2.52. The molecule has 10 heteroatoms. The number of nitrogens with zero attached hydrogens (tertiary/aromatic N) is 3. The van der Waals surface area contributed by atoms with Crippen LogP contribution in [0, 0.1) is 6.92 Å². The van der Waals surface area contributed by atoms with Gasteiger partial charge in [-0.1, -0.05) is 23.2 Å². The monoisotopic (exact) mass is 421 g/mol. The summed E-state index contributed by atoms with van der Waals surface area (Å²) in [6, 6.07) is 6.96. The zero-order valence-corrected chi connectivity index (χ0v) is 17.0. The molecule has 1 amide bonds. The van der Waals surface area contributed by atoms with Crippen molar-refractivity contribution in [3.05, 3.63) is 40.1 Å². The van der Waals surface area contributed by atoms with E-state index in [0.717, 1.165) is 9.20 Å². The highest BCUT2D eigenvalue weighted by Gasteiger charge is 2.33. The summed E-state index contributed by atoms with van der Waals surface area (Å²) >= 11 is 13.1. The molecule has 0 radical (unpaired) electrons. The van der Waals surface area contributed by atoms with Crippen molar-refractivity contribution in [1.29, 1.82) is 0 Å². The summed E-state index contributed by atoms with van der Waals surface area (Å²) in [5, 5.41) is 4.58. The number of hydrogen-bond donors (Lipinski definition) is 0. The second-order valence-corrected chi connectivity index (χ2v) is 8.78. The van der Waals surface area contributed by atoms with Crippen molar-refractivity contribution in [3.8, 4) is 0 Å². The summed E-state index contributed by atoms with van der Waals surface area (Å²) < 4.78 is 27.8. The van der Waals surface area contributed by atoms with Crippen LogP contribution < -0.4 is 0 Å². The molecule has 0 saturated heterocycles. The molecule has 2 rings (SSSR count). The van der Waals surface area contributed by atoms with Crippen LogP contribution in [0.3, 0.4) is 0 Å². The first-order valence-electron chi connectivity index (χ1n) is 7.31. The fourth-order valence-electron chi connectivity index (χ4n) is 2.24. The minimum atomic E-state index is -4.07. The number of amides is 1. The quantitative estimate of drug-likeness (QED) is 0.668. The van der Waals surface area contributed by atoms with Crippen LogP contribution in [0.15, 0.2) is 34.1 Å². The molecule has 1 heterocycles. The maximum atomic E-state index is 12.9. The Hall–Kier alpha value is -1.22. The Labute approximate surface area is 161 Å². The molecule has 0 saturated carbocycles. The van der Waals surface area contributed by atoms with Crippen LogP contribution in [0.5, 0.6) is 0 Å². The molecule has 2 aromatic rings. The average Bonchev–Trinajstić information content (AvgIpc) is 2.80. The number of thioether (sulfide) groups is 1. The van der Waals surface area contributed by atoms with Gasteiger partial charge < -0.3 is 0 Å². The number of benzene rings is 1. The Morgan fingerprint density at radius 1 is 1.28 bits per heavy atom. The van der Waals surface area contributed by atoms with E-state index in [1.54, 1.807) is 45.2 Å². The van der Waals surface area contributed by atoms with Gasteiger partial charge in [0.15, 0.2) is 0 Å². The van der Waals surface area contributed by atoms with Gasteiger partial charge in [0.25, 0.3) is 10.0 Å². The van der Waals surface area contributed by atoms with Crippen molar-refractivity contribution in [2.75, 3.05) is 12.3 Å². The molecular formula is C15H17Cl2N3O3S2. The Balaban J connectivity index is 2.22. The molecule has 0 aliphatic rings. The zero-order chi connectivity index (χ0) is 18.8. The molecule has 0 N–H and O–H groups in total. The van der Waals surface area contributed by atoms with E-state index in [0.29, 0.717) is 5.02 Å². The largest absolute Gasteiger partial charge is 0.273 e. The number of aryl methyl sites for hydroxylation is 2. The van der Waals surface area contributed by atoms with Crippen molar-refractivity contribution in [1.82, 2.24) is 14.1 Å². The van der Waals surface area contributed by atoms with Crippen LogP contribution in [-0.4, -0.2) is 40.7 Å². The van der Waals surface area contributed by atoms with Crippen LogP contribution >= 0.6 is 35.0 Å². The summed E-state index contributed by atoms with van der Waals surface area (Å²) in [5.74, 6) is -0.548. The number of rotatable bonds is 6. The summed E-state index contributed by atoms with van der Waals surface area (Å²) in [4.78, 5) is 13.2. The third-order valence-electron chi connectivity index (χ3n) is 3.39. The summed E-state index contributed by atoms with van der Waals surface area (Å²) in [6.07, 6.45) is 0. The van der Waals surface area contributed by atoms with Gasteiger partial charge in [0.2, 0.25) is 5.91 Å². The molecule has 1 aromatic carbocycles. The van der Waals surface area contributed by atoms with Crippen molar-refractivity contribution in [3.63, 3.8) is 0 Å². The zero-order valence-electron chi connectivity index (χ0n) is 13.9. The second-order valence-electron chi connectivity index (χ2n) is 5.14. The van der Waals surface area contributed by atoms with Crippen LogP contribution in [0.25, 0.3) is 0 Å². The molecule has 0 fully saturated rings. The molecule has 0 spiro atoms. The van der Waals surface area contributed by atoms with Gasteiger partial charge in [0.05, 0.1) is 11.4 Å². The van der Waals surface area contributed by atoms with Crippen LogP contribution in [0.2, 0.25) is 10.2 Å². The van der Waals surface area contributed by atoms with Crippen LogP contribution in [0.1, 0.15) is 12.6 Å². The molecule has 136 valence electrons. The Morgan fingerprint density at radius 2 is 1.88 bits per heavy atom. The number of carbonyl (C=O) groups excluding carboxylic acids is 1. The first kappa shape index (κ1) is 20.1. The standard InChI is InChI=1S/C15H17Cl2N3O3S2/c1-4-20(13(21)9-24-12-7-5-11(16)6-8-12)25(22,23)14-10(2)18-19(3)15(14)17/h5-8H,4,9H2,1-3H3. The third kappa shape index (κ3) is 4.31. The van der Waals surface area contributed by atoms with Crippen molar-refractivity contribution in [2.24, 2.45) is 7.05 Å².